The van der Waals surface area contributed by atoms with Crippen molar-refractivity contribution in [3.8, 4) is 0 Å². The fraction of sp³-hybridized carbons (Fsp3) is 0.727. The van der Waals surface area contributed by atoms with Gasteiger partial charge >= 0.3 is 0 Å². The minimum absolute atomic E-state index is 1.08. The summed E-state index contributed by atoms with van der Waals surface area (Å²) in [4.78, 5) is 4.14. The zero-order valence-electron chi connectivity index (χ0n) is 8.71. The molecule has 0 aliphatic carbocycles. The van der Waals surface area contributed by atoms with Crippen LogP contribution >= 0.6 is 0 Å². The Morgan fingerprint density at radius 2 is 2.08 bits per heavy atom. The molecule has 13 heavy (non-hydrogen) atoms. The van der Waals surface area contributed by atoms with Gasteiger partial charge in [-0.2, -0.15) is 0 Å². The Hall–Kier alpha value is -0.790. The van der Waals surface area contributed by atoms with Crippen molar-refractivity contribution in [3.63, 3.8) is 0 Å². The molecule has 2 nitrogen and oxygen atoms in total. The Morgan fingerprint density at radius 1 is 1.31 bits per heavy atom. The van der Waals surface area contributed by atoms with E-state index in [4.69, 9.17) is 0 Å². The first-order valence-corrected chi connectivity index (χ1v) is 5.24. The van der Waals surface area contributed by atoms with Crippen molar-refractivity contribution in [2.75, 3.05) is 0 Å². The van der Waals surface area contributed by atoms with Gasteiger partial charge in [0.25, 0.3) is 0 Å². The first-order valence-electron chi connectivity index (χ1n) is 5.24. The molecule has 0 aromatic carbocycles. The smallest absolute Gasteiger partial charge is 0.106 e. The summed E-state index contributed by atoms with van der Waals surface area (Å²) in [6, 6.07) is 0. The monoisotopic (exact) mass is 179 g/mol. The first-order chi connectivity index (χ1) is 6.34. The van der Waals surface area contributed by atoms with Crippen molar-refractivity contribution < 1.29 is 0 Å². The standard InChI is InChI=1S/C11H19N2/c1-3-4-5-6-7-9-13-10-8-12-11(13)2/h8H,3-7,9H2,1-2H3. The Balaban J connectivity index is 2.10. The average Bonchev–Trinajstić information content (AvgIpc) is 2.52. The number of aryl methyl sites for hydroxylation is 2. The molecular formula is C11H19N2. The van der Waals surface area contributed by atoms with Gasteiger partial charge in [0.15, 0.2) is 0 Å². The minimum Gasteiger partial charge on any atom is -0.327 e. The largest absolute Gasteiger partial charge is 0.327 e. The van der Waals surface area contributed by atoms with Crippen molar-refractivity contribution >= 4 is 0 Å². The minimum atomic E-state index is 1.08. The summed E-state index contributed by atoms with van der Waals surface area (Å²) in [6.45, 7) is 5.35. The molecule has 0 saturated carbocycles. The molecule has 2 heteroatoms. The van der Waals surface area contributed by atoms with Crippen LogP contribution in [0.1, 0.15) is 44.9 Å². The van der Waals surface area contributed by atoms with Crippen LogP contribution in [0.3, 0.4) is 0 Å². The van der Waals surface area contributed by atoms with E-state index in [2.05, 4.69) is 22.7 Å². The third-order valence-corrected chi connectivity index (χ3v) is 2.34. The van der Waals surface area contributed by atoms with Gasteiger partial charge in [0.1, 0.15) is 5.82 Å². The highest BCUT2D eigenvalue weighted by Gasteiger charge is 1.96. The average molecular weight is 179 g/mol. The predicted molar refractivity (Wildman–Crippen MR) is 54.6 cm³/mol. The molecule has 0 bridgehead atoms. The maximum absolute atomic E-state index is 4.14. The van der Waals surface area contributed by atoms with Crippen molar-refractivity contribution in [1.82, 2.24) is 9.55 Å². The van der Waals surface area contributed by atoms with Crippen LogP contribution in [0.4, 0.5) is 0 Å². The quantitative estimate of drug-likeness (QED) is 0.614. The lowest BCUT2D eigenvalue weighted by Gasteiger charge is -2.03. The summed E-state index contributed by atoms with van der Waals surface area (Å²) in [5.74, 6) is 1.08. The van der Waals surface area contributed by atoms with E-state index in [0.717, 1.165) is 12.4 Å². The molecule has 0 N–H and O–H groups in total. The summed E-state index contributed by atoms with van der Waals surface area (Å²) >= 11 is 0. The van der Waals surface area contributed by atoms with E-state index in [-0.39, 0.29) is 0 Å². The second-order valence-corrected chi connectivity index (χ2v) is 3.50. The Bertz CT molecular complexity index is 228. The molecule has 1 radical (unpaired) electrons. The van der Waals surface area contributed by atoms with Crippen LogP contribution < -0.4 is 0 Å². The lowest BCUT2D eigenvalue weighted by Crippen LogP contribution is -1.99. The number of hydrogen-bond donors (Lipinski definition) is 0. The van der Waals surface area contributed by atoms with Crippen LogP contribution in [0.25, 0.3) is 0 Å². The number of aromatic nitrogens is 2. The number of imidazole rings is 1. The molecule has 0 unspecified atom stereocenters. The highest BCUT2D eigenvalue weighted by molar-refractivity contribution is 4.86. The third kappa shape index (κ3) is 3.62. The summed E-state index contributed by atoms with van der Waals surface area (Å²) in [6.07, 6.45) is 11.5. The van der Waals surface area contributed by atoms with E-state index in [9.17, 15) is 0 Å². The zero-order valence-corrected chi connectivity index (χ0v) is 8.71. The number of rotatable bonds is 6. The van der Waals surface area contributed by atoms with Gasteiger partial charge in [0, 0.05) is 6.54 Å². The Kier molecular flexibility index (Phi) is 4.58. The molecule has 1 heterocycles. The predicted octanol–water partition coefficient (Wildman–Crippen LogP) is 2.96. The first kappa shape index (κ1) is 10.3. The van der Waals surface area contributed by atoms with Gasteiger partial charge in [0.2, 0.25) is 0 Å². The molecule has 0 aliphatic rings. The molecule has 0 fully saturated rings. The molecule has 1 rings (SSSR count). The highest BCUT2D eigenvalue weighted by atomic mass is 15.0. The van der Waals surface area contributed by atoms with E-state index in [0.29, 0.717) is 0 Å². The van der Waals surface area contributed by atoms with Gasteiger partial charge in [-0.3, -0.25) is 0 Å². The van der Waals surface area contributed by atoms with Crippen LogP contribution in [0.15, 0.2) is 6.20 Å². The molecule has 1 aromatic rings. The fourth-order valence-electron chi connectivity index (χ4n) is 1.45. The normalized spacial score (nSPS) is 10.6. The number of unbranched alkanes of at least 4 members (excludes halogenated alkanes) is 4. The van der Waals surface area contributed by atoms with Crippen molar-refractivity contribution in [2.24, 2.45) is 0 Å². The Morgan fingerprint density at radius 3 is 2.69 bits per heavy atom. The molecule has 0 aliphatic heterocycles. The maximum atomic E-state index is 4.14. The van der Waals surface area contributed by atoms with Gasteiger partial charge < -0.3 is 4.57 Å². The van der Waals surface area contributed by atoms with Gasteiger partial charge in [0.05, 0.1) is 12.4 Å². The van der Waals surface area contributed by atoms with E-state index in [1.807, 2.05) is 6.92 Å². The third-order valence-electron chi connectivity index (χ3n) is 2.34. The second kappa shape index (κ2) is 5.79. The molecule has 0 amide bonds. The molecule has 0 atom stereocenters. The maximum Gasteiger partial charge on any atom is 0.106 e. The van der Waals surface area contributed by atoms with Gasteiger partial charge in [-0.1, -0.05) is 32.6 Å². The highest BCUT2D eigenvalue weighted by Crippen LogP contribution is 2.05. The van der Waals surface area contributed by atoms with Gasteiger partial charge in [-0.25, -0.2) is 4.98 Å². The van der Waals surface area contributed by atoms with Crippen LogP contribution in [-0.2, 0) is 6.54 Å². The van der Waals surface area contributed by atoms with Crippen molar-refractivity contribution in [1.29, 1.82) is 0 Å². The van der Waals surface area contributed by atoms with E-state index < -0.39 is 0 Å². The van der Waals surface area contributed by atoms with Crippen LogP contribution in [0.5, 0.6) is 0 Å². The summed E-state index contributed by atoms with van der Waals surface area (Å²) < 4.78 is 2.10. The lowest BCUT2D eigenvalue weighted by molar-refractivity contribution is 0.559. The van der Waals surface area contributed by atoms with Crippen LogP contribution in [-0.4, -0.2) is 9.55 Å². The number of nitrogens with zero attached hydrogens (tertiary/aromatic N) is 2. The molecule has 0 spiro atoms. The van der Waals surface area contributed by atoms with Gasteiger partial charge in [-0.05, 0) is 13.3 Å². The molecule has 1 aromatic heterocycles. The summed E-state index contributed by atoms with van der Waals surface area (Å²) in [7, 11) is 0. The molecule has 73 valence electrons. The van der Waals surface area contributed by atoms with E-state index in [1.54, 1.807) is 6.20 Å². The van der Waals surface area contributed by atoms with E-state index in [1.165, 1.54) is 32.1 Å². The lowest BCUT2D eigenvalue weighted by atomic mass is 10.1. The summed E-state index contributed by atoms with van der Waals surface area (Å²) in [5, 5.41) is 0. The van der Waals surface area contributed by atoms with E-state index >= 15 is 0 Å². The molecular weight excluding hydrogens is 160 g/mol. The fourth-order valence-corrected chi connectivity index (χ4v) is 1.45. The number of hydrogen-bond acceptors (Lipinski definition) is 1. The topological polar surface area (TPSA) is 17.8 Å². The molecule has 0 saturated heterocycles. The van der Waals surface area contributed by atoms with Gasteiger partial charge in [-0.15, -0.1) is 0 Å². The van der Waals surface area contributed by atoms with Crippen LogP contribution in [0, 0.1) is 13.1 Å². The zero-order chi connectivity index (χ0) is 9.52. The second-order valence-electron chi connectivity index (χ2n) is 3.50. The Labute approximate surface area is 81.0 Å². The van der Waals surface area contributed by atoms with Crippen molar-refractivity contribution in [3.05, 3.63) is 18.2 Å². The van der Waals surface area contributed by atoms with Crippen LogP contribution in [0.2, 0.25) is 0 Å². The summed E-state index contributed by atoms with van der Waals surface area (Å²) in [5.41, 5.74) is 0. The van der Waals surface area contributed by atoms with Crippen molar-refractivity contribution in [2.45, 2.75) is 52.5 Å². The SMILES string of the molecule is CCCCCCCn1[c]cnc1C.